The van der Waals surface area contributed by atoms with Gasteiger partial charge in [-0.2, -0.15) is 0 Å². The molecule has 0 bridgehead atoms. The lowest BCUT2D eigenvalue weighted by Gasteiger charge is -2.28. The third-order valence-electron chi connectivity index (χ3n) is 6.95. The number of hydrogen-bond acceptors (Lipinski definition) is 8. The lowest BCUT2D eigenvalue weighted by atomic mass is 10.1. The van der Waals surface area contributed by atoms with E-state index < -0.39 is 9.84 Å². The molecule has 3 aromatic heterocycles. The summed E-state index contributed by atoms with van der Waals surface area (Å²) in [4.78, 5) is 7.14. The molecule has 4 heterocycles. The Morgan fingerprint density at radius 1 is 1.08 bits per heavy atom. The molecule has 5 aromatic rings. The van der Waals surface area contributed by atoms with E-state index in [-0.39, 0.29) is 5.25 Å². The minimum Gasteiger partial charge on any atom is -0.464 e. The zero-order valence-electron chi connectivity index (χ0n) is 19.8. The van der Waals surface area contributed by atoms with Crippen LogP contribution in [0.2, 0.25) is 0 Å². The monoisotopic (exact) mass is 502 g/mol. The lowest BCUT2D eigenvalue weighted by Crippen LogP contribution is -2.37. The van der Waals surface area contributed by atoms with Gasteiger partial charge in [-0.05, 0) is 68.4 Å². The topological polar surface area (TPSA) is 106 Å². The van der Waals surface area contributed by atoms with Gasteiger partial charge >= 0.3 is 0 Å². The van der Waals surface area contributed by atoms with E-state index in [1.807, 2.05) is 43.4 Å². The van der Waals surface area contributed by atoms with Crippen LogP contribution in [0.4, 0.5) is 5.95 Å². The maximum absolute atomic E-state index is 13.1. The number of nitrogens with zero attached hydrogens (tertiary/aromatic N) is 5. The Kier molecular flexibility index (Phi) is 5.69. The fourth-order valence-electron chi connectivity index (χ4n) is 4.85. The minimum absolute atomic E-state index is 0.331. The SMILES string of the molecule is CN1CCC(S(=O)(=O)c2ccc(-c3cnc(NCc4cccc5occc45)n4cnnc34)cc2)CC1. The van der Waals surface area contributed by atoms with E-state index in [0.29, 0.717) is 35.9 Å². The van der Waals surface area contributed by atoms with Crippen LogP contribution in [-0.2, 0) is 16.4 Å². The van der Waals surface area contributed by atoms with Gasteiger partial charge in [0.05, 0.1) is 16.4 Å². The number of furan rings is 1. The molecule has 1 aliphatic heterocycles. The highest BCUT2D eigenvalue weighted by Gasteiger charge is 2.30. The number of fused-ring (bicyclic) bond motifs is 2. The third kappa shape index (κ3) is 4.02. The van der Waals surface area contributed by atoms with E-state index in [2.05, 4.69) is 25.4 Å². The molecular formula is C26H26N6O3S. The quantitative estimate of drug-likeness (QED) is 0.371. The number of benzene rings is 2. The molecule has 0 radical (unpaired) electrons. The average molecular weight is 503 g/mol. The Hall–Kier alpha value is -3.76. The van der Waals surface area contributed by atoms with Crippen molar-refractivity contribution in [2.75, 3.05) is 25.5 Å². The summed E-state index contributed by atoms with van der Waals surface area (Å²) in [6, 6.07) is 14.9. The van der Waals surface area contributed by atoms with Crippen LogP contribution in [0, 0.1) is 0 Å². The third-order valence-corrected chi connectivity index (χ3v) is 9.23. The summed E-state index contributed by atoms with van der Waals surface area (Å²) in [5, 5.41) is 12.5. The zero-order valence-corrected chi connectivity index (χ0v) is 20.6. The standard InChI is InChI=1S/C26H26N6O3S/c1-31-12-9-21(10-13-31)36(33,34)20-7-5-18(6-8-20)23-16-28-26(32-17-29-30-25(23)32)27-15-19-3-2-4-24-22(19)11-14-35-24/h2-8,11,14,16-17,21H,9-10,12-13,15H2,1H3,(H,27,28). The van der Waals surface area contributed by atoms with Gasteiger partial charge in [0.15, 0.2) is 15.5 Å². The van der Waals surface area contributed by atoms with Gasteiger partial charge < -0.3 is 14.6 Å². The Bertz CT molecular complexity index is 1630. The van der Waals surface area contributed by atoms with Gasteiger partial charge in [0, 0.05) is 23.7 Å². The fraction of sp³-hybridized carbons (Fsp3) is 0.269. The van der Waals surface area contributed by atoms with Crippen molar-refractivity contribution in [3.05, 3.63) is 72.9 Å². The number of sulfone groups is 1. The highest BCUT2D eigenvalue weighted by atomic mass is 32.2. The number of hydrogen-bond donors (Lipinski definition) is 1. The minimum atomic E-state index is -3.36. The molecule has 1 aliphatic rings. The molecule has 0 spiro atoms. The van der Waals surface area contributed by atoms with Crippen LogP contribution in [0.1, 0.15) is 18.4 Å². The summed E-state index contributed by atoms with van der Waals surface area (Å²) in [5.74, 6) is 0.612. The first kappa shape index (κ1) is 22.7. The van der Waals surface area contributed by atoms with Crippen molar-refractivity contribution in [3.63, 3.8) is 0 Å². The van der Waals surface area contributed by atoms with Crippen LogP contribution < -0.4 is 5.32 Å². The van der Waals surface area contributed by atoms with Gasteiger partial charge in [0.2, 0.25) is 5.95 Å². The summed E-state index contributed by atoms with van der Waals surface area (Å²) in [6.45, 7) is 2.16. The molecular weight excluding hydrogens is 476 g/mol. The van der Waals surface area contributed by atoms with Crippen molar-refractivity contribution >= 4 is 32.4 Å². The van der Waals surface area contributed by atoms with E-state index in [1.54, 1.807) is 35.3 Å². The molecule has 184 valence electrons. The van der Waals surface area contributed by atoms with Crippen LogP contribution in [0.5, 0.6) is 0 Å². The highest BCUT2D eigenvalue weighted by molar-refractivity contribution is 7.92. The summed E-state index contributed by atoms with van der Waals surface area (Å²) >= 11 is 0. The van der Waals surface area contributed by atoms with Crippen LogP contribution in [0.25, 0.3) is 27.7 Å². The number of anilines is 1. The largest absolute Gasteiger partial charge is 0.464 e. The Morgan fingerprint density at radius 2 is 1.89 bits per heavy atom. The smallest absolute Gasteiger partial charge is 0.210 e. The lowest BCUT2D eigenvalue weighted by molar-refractivity contribution is 0.277. The van der Waals surface area contributed by atoms with E-state index >= 15 is 0 Å². The first-order chi connectivity index (χ1) is 17.5. The van der Waals surface area contributed by atoms with E-state index in [4.69, 9.17) is 4.42 Å². The number of aromatic nitrogens is 4. The van der Waals surface area contributed by atoms with E-state index in [1.165, 1.54) is 0 Å². The van der Waals surface area contributed by atoms with Gasteiger partial charge in [0.1, 0.15) is 11.9 Å². The normalized spacial score (nSPS) is 15.6. The van der Waals surface area contributed by atoms with Crippen molar-refractivity contribution in [2.45, 2.75) is 29.5 Å². The van der Waals surface area contributed by atoms with Gasteiger partial charge in [-0.3, -0.25) is 4.40 Å². The first-order valence-electron chi connectivity index (χ1n) is 11.9. The summed E-state index contributed by atoms with van der Waals surface area (Å²) in [6.07, 6.45) is 6.36. The second-order valence-electron chi connectivity index (χ2n) is 9.20. The fourth-order valence-corrected chi connectivity index (χ4v) is 6.58. The Morgan fingerprint density at radius 3 is 2.69 bits per heavy atom. The predicted octanol–water partition coefficient (Wildman–Crippen LogP) is 4.02. The second kappa shape index (κ2) is 9.03. The van der Waals surface area contributed by atoms with Crippen molar-refractivity contribution in [1.29, 1.82) is 0 Å². The number of nitrogens with one attached hydrogen (secondary N) is 1. The Labute approximate surface area is 208 Å². The molecule has 1 N–H and O–H groups in total. The molecule has 1 fully saturated rings. The van der Waals surface area contributed by atoms with Crippen LogP contribution in [0.15, 0.2) is 76.6 Å². The molecule has 1 saturated heterocycles. The molecule has 0 aliphatic carbocycles. The summed E-state index contributed by atoms with van der Waals surface area (Å²) < 4.78 is 33.6. The van der Waals surface area contributed by atoms with Crippen molar-refractivity contribution in [2.24, 2.45) is 0 Å². The number of piperidine rings is 1. The molecule has 0 unspecified atom stereocenters. The molecule has 0 saturated carbocycles. The summed E-state index contributed by atoms with van der Waals surface area (Å²) in [5.41, 5.74) is 4.18. The molecule has 36 heavy (non-hydrogen) atoms. The van der Waals surface area contributed by atoms with Crippen LogP contribution in [-0.4, -0.2) is 58.3 Å². The number of rotatable bonds is 6. The van der Waals surface area contributed by atoms with Gasteiger partial charge in [0.25, 0.3) is 0 Å². The molecule has 0 amide bonds. The van der Waals surface area contributed by atoms with Crippen molar-refractivity contribution < 1.29 is 12.8 Å². The van der Waals surface area contributed by atoms with Crippen LogP contribution in [0.3, 0.4) is 0 Å². The van der Waals surface area contributed by atoms with E-state index in [0.717, 1.165) is 40.7 Å². The van der Waals surface area contributed by atoms with Crippen molar-refractivity contribution in [3.8, 4) is 11.1 Å². The molecule has 10 heteroatoms. The molecule has 0 atom stereocenters. The summed E-state index contributed by atoms with van der Waals surface area (Å²) in [7, 11) is -1.33. The molecule has 2 aromatic carbocycles. The maximum atomic E-state index is 13.1. The molecule has 9 nitrogen and oxygen atoms in total. The molecule has 6 rings (SSSR count). The van der Waals surface area contributed by atoms with E-state index in [9.17, 15) is 8.42 Å². The predicted molar refractivity (Wildman–Crippen MR) is 137 cm³/mol. The maximum Gasteiger partial charge on any atom is 0.210 e. The zero-order chi connectivity index (χ0) is 24.7. The number of likely N-dealkylation sites (tertiary alicyclic amines) is 1. The van der Waals surface area contributed by atoms with Gasteiger partial charge in [-0.25, -0.2) is 13.4 Å². The van der Waals surface area contributed by atoms with Crippen molar-refractivity contribution in [1.82, 2.24) is 24.5 Å². The van der Waals surface area contributed by atoms with Gasteiger partial charge in [-0.15, -0.1) is 10.2 Å². The average Bonchev–Trinajstić information content (AvgIpc) is 3.58. The van der Waals surface area contributed by atoms with Gasteiger partial charge in [-0.1, -0.05) is 24.3 Å². The highest BCUT2D eigenvalue weighted by Crippen LogP contribution is 2.29. The first-order valence-corrected chi connectivity index (χ1v) is 13.5. The Balaban J connectivity index is 1.25. The second-order valence-corrected chi connectivity index (χ2v) is 11.4. The van der Waals surface area contributed by atoms with Crippen LogP contribution >= 0.6 is 0 Å².